The summed E-state index contributed by atoms with van der Waals surface area (Å²) in [5, 5.41) is 15.7. The summed E-state index contributed by atoms with van der Waals surface area (Å²) in [4.78, 5) is 36.9. The van der Waals surface area contributed by atoms with Crippen LogP contribution in [0.25, 0.3) is 6.08 Å². The Morgan fingerprint density at radius 2 is 2.00 bits per heavy atom. The van der Waals surface area contributed by atoms with Crippen LogP contribution >= 0.6 is 35.1 Å². The topological polar surface area (TPSA) is 110 Å². The van der Waals surface area contributed by atoms with Crippen molar-refractivity contribution in [1.29, 1.82) is 0 Å². The molecule has 0 spiro atoms. The number of aromatic nitrogens is 2. The Bertz CT molecular complexity index is 1280. The van der Waals surface area contributed by atoms with E-state index in [1.807, 2.05) is 13.0 Å². The van der Waals surface area contributed by atoms with Gasteiger partial charge in [0.15, 0.2) is 10.3 Å². The third kappa shape index (κ3) is 5.16. The van der Waals surface area contributed by atoms with Crippen LogP contribution in [0, 0.1) is 17.0 Å². The van der Waals surface area contributed by atoms with Crippen LogP contribution < -0.4 is 5.32 Å². The molecule has 8 nitrogen and oxygen atoms in total. The lowest BCUT2D eigenvalue weighted by Gasteiger charge is -2.03. The van der Waals surface area contributed by atoms with Crippen LogP contribution in [0.1, 0.15) is 11.1 Å². The van der Waals surface area contributed by atoms with Crippen LogP contribution in [0.5, 0.6) is 0 Å². The third-order valence-electron chi connectivity index (χ3n) is 4.26. The number of benzene rings is 2. The van der Waals surface area contributed by atoms with E-state index in [1.54, 1.807) is 48.8 Å². The first-order valence-electron chi connectivity index (χ1n) is 9.18. The van der Waals surface area contributed by atoms with Crippen LogP contribution in [0.15, 0.2) is 74.8 Å². The predicted octanol–water partition coefficient (Wildman–Crippen LogP) is 5.39. The number of thioether (sulfide) groups is 1. The van der Waals surface area contributed by atoms with Gasteiger partial charge < -0.3 is 5.32 Å². The van der Waals surface area contributed by atoms with Gasteiger partial charge in [-0.1, -0.05) is 23.7 Å². The molecule has 1 aliphatic heterocycles. The molecule has 1 saturated heterocycles. The molecule has 1 N–H and O–H groups in total. The molecule has 3 aromatic rings. The van der Waals surface area contributed by atoms with Crippen LogP contribution in [0.4, 0.5) is 11.4 Å². The van der Waals surface area contributed by atoms with Gasteiger partial charge in [-0.05, 0) is 71.9 Å². The Morgan fingerprint density at radius 1 is 1.22 bits per heavy atom. The van der Waals surface area contributed by atoms with Crippen molar-refractivity contribution in [3.05, 3.63) is 86.0 Å². The lowest BCUT2D eigenvalue weighted by molar-refractivity contribution is -0.387. The van der Waals surface area contributed by atoms with Crippen molar-refractivity contribution in [2.24, 2.45) is 4.99 Å². The summed E-state index contributed by atoms with van der Waals surface area (Å²) in [6.45, 7) is 1.90. The minimum atomic E-state index is -0.468. The van der Waals surface area contributed by atoms with Gasteiger partial charge in [0.05, 0.1) is 20.4 Å². The van der Waals surface area contributed by atoms with Gasteiger partial charge in [-0.2, -0.15) is 0 Å². The first-order chi connectivity index (χ1) is 15.4. The minimum Gasteiger partial charge on any atom is -0.300 e. The van der Waals surface area contributed by atoms with E-state index < -0.39 is 4.92 Å². The molecule has 0 aliphatic carbocycles. The monoisotopic (exact) mass is 483 g/mol. The fourth-order valence-electron chi connectivity index (χ4n) is 2.73. The highest BCUT2D eigenvalue weighted by atomic mass is 35.5. The highest BCUT2D eigenvalue weighted by Gasteiger charge is 2.25. The molecule has 1 amide bonds. The number of nitrogens with one attached hydrogen (secondary N) is 1. The van der Waals surface area contributed by atoms with Crippen LogP contribution in [-0.2, 0) is 4.79 Å². The summed E-state index contributed by atoms with van der Waals surface area (Å²) < 4.78 is 0. The quantitative estimate of drug-likeness (QED) is 0.224. The fraction of sp³-hybridized carbons (Fsp3) is 0.0476. The Hall–Kier alpha value is -3.21. The number of aryl methyl sites for hydroxylation is 1. The lowest BCUT2D eigenvalue weighted by Crippen LogP contribution is -2.19. The average molecular weight is 484 g/mol. The summed E-state index contributed by atoms with van der Waals surface area (Å²) in [7, 11) is 0. The summed E-state index contributed by atoms with van der Waals surface area (Å²) in [6.07, 6.45) is 4.73. The van der Waals surface area contributed by atoms with E-state index in [9.17, 15) is 14.9 Å². The fourth-order valence-corrected chi connectivity index (χ4v) is 4.53. The van der Waals surface area contributed by atoms with E-state index in [2.05, 4.69) is 20.3 Å². The lowest BCUT2D eigenvalue weighted by atomic mass is 10.2. The molecule has 1 aromatic heterocycles. The van der Waals surface area contributed by atoms with Crippen molar-refractivity contribution in [2.45, 2.75) is 17.0 Å². The second kappa shape index (κ2) is 9.51. The molecule has 0 unspecified atom stereocenters. The number of carbonyl (C=O) groups is 1. The average Bonchev–Trinajstić information content (AvgIpc) is 3.11. The third-order valence-corrected chi connectivity index (χ3v) is 6.37. The van der Waals surface area contributed by atoms with E-state index in [-0.39, 0.29) is 11.6 Å². The molecule has 0 radical (unpaired) electrons. The highest BCUT2D eigenvalue weighted by molar-refractivity contribution is 8.18. The molecule has 1 fully saturated rings. The first kappa shape index (κ1) is 22.0. The molecular formula is C21H14ClN5O3S2. The van der Waals surface area contributed by atoms with Crippen molar-refractivity contribution < 1.29 is 9.72 Å². The van der Waals surface area contributed by atoms with Crippen LogP contribution in [-0.4, -0.2) is 26.0 Å². The zero-order chi connectivity index (χ0) is 22.7. The van der Waals surface area contributed by atoms with Gasteiger partial charge in [0.25, 0.3) is 11.6 Å². The Labute approximate surface area is 196 Å². The predicted molar refractivity (Wildman–Crippen MR) is 126 cm³/mol. The SMILES string of the molecule is Cc1ccc(Cl)cc1N=C1NC(=O)/C(=C\c2ccc(Sc3ncccn3)c([N+](=O)[O-])c2)S1. The maximum absolute atomic E-state index is 12.4. The number of nitro groups is 1. The molecule has 1 aliphatic rings. The number of halogens is 1. The summed E-state index contributed by atoms with van der Waals surface area (Å²) in [5.74, 6) is -0.327. The van der Waals surface area contributed by atoms with E-state index >= 15 is 0 Å². The van der Waals surface area contributed by atoms with Crippen LogP contribution in [0.2, 0.25) is 5.02 Å². The minimum absolute atomic E-state index is 0.0938. The van der Waals surface area contributed by atoms with Crippen molar-refractivity contribution in [1.82, 2.24) is 15.3 Å². The molecular weight excluding hydrogens is 470 g/mol. The highest BCUT2D eigenvalue weighted by Crippen LogP contribution is 2.35. The number of hydrogen-bond donors (Lipinski definition) is 1. The van der Waals surface area contributed by atoms with Gasteiger partial charge in [-0.25, -0.2) is 15.0 Å². The van der Waals surface area contributed by atoms with Gasteiger partial charge in [0.2, 0.25) is 0 Å². The summed E-state index contributed by atoms with van der Waals surface area (Å²) in [5.41, 5.74) is 2.00. The first-order valence-corrected chi connectivity index (χ1v) is 11.2. The molecule has 0 atom stereocenters. The number of nitro benzene ring substituents is 1. The van der Waals surface area contributed by atoms with E-state index in [4.69, 9.17) is 11.6 Å². The second-order valence-electron chi connectivity index (χ2n) is 6.53. The van der Waals surface area contributed by atoms with Crippen molar-refractivity contribution in [3.63, 3.8) is 0 Å². The van der Waals surface area contributed by atoms with Gasteiger partial charge in [0.1, 0.15) is 0 Å². The number of hydrogen-bond acceptors (Lipinski definition) is 8. The molecule has 160 valence electrons. The maximum atomic E-state index is 12.4. The number of amidine groups is 1. The number of carbonyl (C=O) groups excluding carboxylic acids is 1. The Balaban J connectivity index is 1.60. The number of aliphatic imine (C=N–C) groups is 1. The summed E-state index contributed by atoms with van der Waals surface area (Å²) in [6, 6.07) is 11.7. The molecule has 11 heteroatoms. The number of nitrogens with zero attached hydrogens (tertiary/aromatic N) is 4. The van der Waals surface area contributed by atoms with Gasteiger partial charge in [0, 0.05) is 23.5 Å². The maximum Gasteiger partial charge on any atom is 0.283 e. The van der Waals surface area contributed by atoms with Gasteiger partial charge in [-0.15, -0.1) is 0 Å². The molecule has 2 aromatic carbocycles. The molecule has 32 heavy (non-hydrogen) atoms. The molecule has 2 heterocycles. The zero-order valence-corrected chi connectivity index (χ0v) is 18.9. The van der Waals surface area contributed by atoms with E-state index in [0.29, 0.717) is 36.4 Å². The van der Waals surface area contributed by atoms with E-state index in [1.165, 1.54) is 6.07 Å². The smallest absolute Gasteiger partial charge is 0.283 e. The van der Waals surface area contributed by atoms with Crippen molar-refractivity contribution >= 4 is 63.7 Å². The second-order valence-corrected chi connectivity index (χ2v) is 9.01. The number of rotatable bonds is 5. The largest absolute Gasteiger partial charge is 0.300 e. The van der Waals surface area contributed by atoms with Gasteiger partial charge >= 0.3 is 0 Å². The van der Waals surface area contributed by atoms with Crippen molar-refractivity contribution in [3.8, 4) is 0 Å². The molecule has 0 saturated carbocycles. The van der Waals surface area contributed by atoms with Gasteiger partial charge in [-0.3, -0.25) is 14.9 Å². The molecule has 4 rings (SSSR count). The van der Waals surface area contributed by atoms with E-state index in [0.717, 1.165) is 29.1 Å². The normalized spacial score (nSPS) is 15.9. The zero-order valence-electron chi connectivity index (χ0n) is 16.5. The number of amides is 1. The van der Waals surface area contributed by atoms with Crippen LogP contribution in [0.3, 0.4) is 0 Å². The Morgan fingerprint density at radius 3 is 2.75 bits per heavy atom. The summed E-state index contributed by atoms with van der Waals surface area (Å²) >= 11 is 8.29. The Kier molecular flexibility index (Phi) is 6.54. The standard InChI is InChI=1S/C21H14ClN5O3S2/c1-12-3-5-14(22)11-15(12)25-21-26-19(28)18(32-21)10-13-4-6-17(16(9-13)27(29)30)31-20-23-7-2-8-24-20/h2-11H,1H3,(H,25,26,28)/b18-10+. The van der Waals surface area contributed by atoms with Crippen molar-refractivity contribution in [2.75, 3.05) is 0 Å². The molecule has 0 bridgehead atoms.